The van der Waals surface area contributed by atoms with Crippen LogP contribution >= 0.6 is 11.6 Å². The van der Waals surface area contributed by atoms with Gasteiger partial charge in [0.25, 0.3) is 5.91 Å². The number of amides is 1. The van der Waals surface area contributed by atoms with Crippen LogP contribution in [0.3, 0.4) is 0 Å². The number of piperidine rings is 1. The molecule has 2 aromatic carbocycles. The first kappa shape index (κ1) is 16.9. The first-order valence-electron chi connectivity index (χ1n) is 8.18. The van der Waals surface area contributed by atoms with Gasteiger partial charge < -0.3 is 10.6 Å². The van der Waals surface area contributed by atoms with Crippen molar-refractivity contribution < 1.29 is 9.18 Å². The molecule has 0 bridgehead atoms. The van der Waals surface area contributed by atoms with Crippen LogP contribution in [0.2, 0.25) is 5.02 Å². The zero-order chi connectivity index (χ0) is 16.9. The van der Waals surface area contributed by atoms with E-state index in [0.29, 0.717) is 28.6 Å². The summed E-state index contributed by atoms with van der Waals surface area (Å²) >= 11 is 6.11. The van der Waals surface area contributed by atoms with Crippen molar-refractivity contribution >= 4 is 17.5 Å². The standard InChI is InChI=1S/C19H20ClFN2O/c20-18-11-16(21)4-5-17(18)14-2-1-3-15(10-14)19(24)23-12-13-6-8-22-9-7-13/h1-5,10-11,13,22H,6-9,12H2,(H,23,24). The van der Waals surface area contributed by atoms with E-state index in [9.17, 15) is 9.18 Å². The molecule has 0 aliphatic carbocycles. The minimum absolute atomic E-state index is 0.0892. The van der Waals surface area contributed by atoms with Gasteiger partial charge in [0.1, 0.15) is 5.82 Å². The fourth-order valence-electron chi connectivity index (χ4n) is 2.98. The van der Waals surface area contributed by atoms with Crippen molar-refractivity contribution in [2.24, 2.45) is 5.92 Å². The first-order chi connectivity index (χ1) is 11.6. The van der Waals surface area contributed by atoms with E-state index < -0.39 is 0 Å². The Hall–Kier alpha value is -1.91. The zero-order valence-electron chi connectivity index (χ0n) is 13.3. The largest absolute Gasteiger partial charge is 0.352 e. The van der Waals surface area contributed by atoms with Gasteiger partial charge in [-0.25, -0.2) is 4.39 Å². The fraction of sp³-hybridized carbons (Fsp3) is 0.316. The maximum atomic E-state index is 13.2. The van der Waals surface area contributed by atoms with Crippen LogP contribution in [0.25, 0.3) is 11.1 Å². The first-order valence-corrected chi connectivity index (χ1v) is 8.55. The zero-order valence-corrected chi connectivity index (χ0v) is 14.1. The minimum Gasteiger partial charge on any atom is -0.352 e. The van der Waals surface area contributed by atoms with Crippen molar-refractivity contribution in [3.8, 4) is 11.1 Å². The Morgan fingerprint density at radius 2 is 2.00 bits per heavy atom. The fourth-order valence-corrected chi connectivity index (χ4v) is 3.25. The van der Waals surface area contributed by atoms with Crippen molar-refractivity contribution in [2.45, 2.75) is 12.8 Å². The molecule has 1 aliphatic rings. The molecular formula is C19H20ClFN2O. The number of benzene rings is 2. The molecule has 2 aromatic rings. The predicted molar refractivity (Wildman–Crippen MR) is 94.8 cm³/mol. The molecule has 0 spiro atoms. The van der Waals surface area contributed by atoms with Crippen molar-refractivity contribution in [2.75, 3.05) is 19.6 Å². The lowest BCUT2D eigenvalue weighted by molar-refractivity contribution is 0.0944. The molecule has 1 fully saturated rings. The topological polar surface area (TPSA) is 41.1 Å². The van der Waals surface area contributed by atoms with Gasteiger partial charge >= 0.3 is 0 Å². The molecule has 1 heterocycles. The van der Waals surface area contributed by atoms with Crippen LogP contribution in [0.4, 0.5) is 4.39 Å². The molecule has 0 unspecified atom stereocenters. The van der Waals surface area contributed by atoms with Crippen LogP contribution in [0, 0.1) is 11.7 Å². The van der Waals surface area contributed by atoms with Gasteiger partial charge in [0.05, 0.1) is 5.02 Å². The Bertz CT molecular complexity index is 729. The summed E-state index contributed by atoms with van der Waals surface area (Å²) in [5, 5.41) is 6.66. The van der Waals surface area contributed by atoms with Crippen LogP contribution < -0.4 is 10.6 Å². The molecule has 3 rings (SSSR count). The Balaban J connectivity index is 1.71. The van der Waals surface area contributed by atoms with Gasteiger partial charge in [0, 0.05) is 17.7 Å². The van der Waals surface area contributed by atoms with Crippen LogP contribution in [0.1, 0.15) is 23.2 Å². The smallest absolute Gasteiger partial charge is 0.251 e. The highest BCUT2D eigenvalue weighted by Crippen LogP contribution is 2.29. The molecule has 2 N–H and O–H groups in total. The number of carbonyl (C=O) groups excluding carboxylic acids is 1. The van der Waals surface area contributed by atoms with E-state index in [1.165, 1.54) is 12.1 Å². The summed E-state index contributed by atoms with van der Waals surface area (Å²) < 4.78 is 13.2. The molecule has 0 atom stereocenters. The van der Waals surface area contributed by atoms with Crippen molar-refractivity contribution in [1.82, 2.24) is 10.6 Å². The summed E-state index contributed by atoms with van der Waals surface area (Å²) in [7, 11) is 0. The number of halogens is 2. The molecular weight excluding hydrogens is 327 g/mol. The number of hydrogen-bond acceptors (Lipinski definition) is 2. The maximum Gasteiger partial charge on any atom is 0.251 e. The quantitative estimate of drug-likeness (QED) is 0.882. The third-order valence-corrected chi connectivity index (χ3v) is 4.69. The van der Waals surface area contributed by atoms with E-state index in [2.05, 4.69) is 10.6 Å². The number of nitrogens with one attached hydrogen (secondary N) is 2. The lowest BCUT2D eigenvalue weighted by Crippen LogP contribution is -2.35. The lowest BCUT2D eigenvalue weighted by Gasteiger charge is -2.22. The number of rotatable bonds is 4. The van der Waals surface area contributed by atoms with Crippen LogP contribution in [-0.4, -0.2) is 25.5 Å². The van der Waals surface area contributed by atoms with E-state index in [1.54, 1.807) is 18.2 Å². The third kappa shape index (κ3) is 4.13. The highest BCUT2D eigenvalue weighted by molar-refractivity contribution is 6.33. The van der Waals surface area contributed by atoms with Gasteiger partial charge in [-0.15, -0.1) is 0 Å². The van der Waals surface area contributed by atoms with Crippen molar-refractivity contribution in [3.63, 3.8) is 0 Å². The maximum absolute atomic E-state index is 13.2. The van der Waals surface area contributed by atoms with E-state index in [1.807, 2.05) is 12.1 Å². The average molecular weight is 347 g/mol. The highest BCUT2D eigenvalue weighted by atomic mass is 35.5. The Kier molecular flexibility index (Phi) is 5.48. The normalized spacial score (nSPS) is 15.2. The summed E-state index contributed by atoms with van der Waals surface area (Å²) in [6, 6.07) is 11.5. The molecule has 1 amide bonds. The van der Waals surface area contributed by atoms with E-state index in [-0.39, 0.29) is 11.7 Å². The van der Waals surface area contributed by atoms with Gasteiger partial charge in [-0.2, -0.15) is 0 Å². The molecule has 0 saturated carbocycles. The Morgan fingerprint density at radius 3 is 2.75 bits per heavy atom. The van der Waals surface area contributed by atoms with E-state index in [0.717, 1.165) is 31.5 Å². The molecule has 0 radical (unpaired) electrons. The summed E-state index contributed by atoms with van der Waals surface area (Å²) in [4.78, 5) is 12.4. The van der Waals surface area contributed by atoms with Gasteiger partial charge in [-0.3, -0.25) is 4.79 Å². The average Bonchev–Trinajstić information content (AvgIpc) is 2.60. The highest BCUT2D eigenvalue weighted by Gasteiger charge is 2.15. The Labute approximate surface area is 146 Å². The molecule has 3 nitrogen and oxygen atoms in total. The van der Waals surface area contributed by atoms with Gasteiger partial charge in [0.15, 0.2) is 0 Å². The molecule has 0 aromatic heterocycles. The monoisotopic (exact) mass is 346 g/mol. The van der Waals surface area contributed by atoms with Crippen LogP contribution in [0.5, 0.6) is 0 Å². The summed E-state index contributed by atoms with van der Waals surface area (Å²) in [5.74, 6) is 0.0677. The Morgan fingerprint density at radius 1 is 1.21 bits per heavy atom. The predicted octanol–water partition coefficient (Wildman–Crippen LogP) is 3.88. The van der Waals surface area contributed by atoms with Gasteiger partial charge in [-0.05, 0) is 67.7 Å². The second-order valence-corrected chi connectivity index (χ2v) is 6.52. The molecule has 24 heavy (non-hydrogen) atoms. The summed E-state index contributed by atoms with van der Waals surface area (Å²) in [5.41, 5.74) is 2.10. The molecule has 5 heteroatoms. The number of hydrogen-bond donors (Lipinski definition) is 2. The summed E-state index contributed by atoms with van der Waals surface area (Å²) in [6.07, 6.45) is 2.18. The number of carbonyl (C=O) groups is 1. The van der Waals surface area contributed by atoms with E-state index >= 15 is 0 Å². The summed E-state index contributed by atoms with van der Waals surface area (Å²) in [6.45, 7) is 2.72. The van der Waals surface area contributed by atoms with Gasteiger partial charge in [0.2, 0.25) is 0 Å². The van der Waals surface area contributed by atoms with Crippen molar-refractivity contribution in [1.29, 1.82) is 0 Å². The van der Waals surface area contributed by atoms with Crippen molar-refractivity contribution in [3.05, 3.63) is 58.9 Å². The molecule has 1 saturated heterocycles. The van der Waals surface area contributed by atoms with E-state index in [4.69, 9.17) is 11.6 Å². The minimum atomic E-state index is -0.375. The second kappa shape index (κ2) is 7.77. The SMILES string of the molecule is O=C(NCC1CCNCC1)c1cccc(-c2ccc(F)cc2Cl)c1. The second-order valence-electron chi connectivity index (χ2n) is 6.11. The lowest BCUT2D eigenvalue weighted by atomic mass is 9.98. The van der Waals surface area contributed by atoms with Crippen LogP contribution in [-0.2, 0) is 0 Å². The van der Waals surface area contributed by atoms with Gasteiger partial charge in [-0.1, -0.05) is 23.7 Å². The molecule has 1 aliphatic heterocycles. The molecule has 126 valence electrons. The van der Waals surface area contributed by atoms with Crippen LogP contribution in [0.15, 0.2) is 42.5 Å². The third-order valence-electron chi connectivity index (χ3n) is 4.38.